The van der Waals surface area contributed by atoms with Crippen LogP contribution in [-0.4, -0.2) is 16.6 Å². The molecule has 0 saturated heterocycles. The van der Waals surface area contributed by atoms with Crippen LogP contribution < -0.4 is 14.5 Å². The van der Waals surface area contributed by atoms with Crippen molar-refractivity contribution in [2.75, 3.05) is 16.8 Å². The number of hydrogen-bond acceptors (Lipinski definition) is 5. The first-order valence-corrected chi connectivity index (χ1v) is 17.2. The Hall–Kier alpha value is -5.58. The number of fused-ring (bicyclic) bond motifs is 8. The molecule has 3 aromatic heterocycles. The standard InChI is InChI=1S/C45H33N4O2.Pt/c1-45(2,3)30-21-31(48-27-47(4)39-15-9-10-16-40(39)48)23-33(22-30)50-32-17-18-35-34-13-7-8-14-38(34)49(41(35)24-32)44-25-43-37(26-46-44)36-19-28-11-5-6-12-29(28)20-42(36)51-43;/h5-22,25-27H,1-4H3;/q-3;. The van der Waals surface area contributed by atoms with Gasteiger partial charge in [-0.3, -0.25) is 0 Å². The Bertz CT molecular complexity index is 2850. The molecule has 0 saturated carbocycles. The second-order valence-electron chi connectivity index (χ2n) is 14.3. The molecule has 0 fully saturated rings. The number of anilines is 3. The van der Waals surface area contributed by atoms with Crippen LogP contribution in [0.5, 0.6) is 11.5 Å². The molecule has 52 heavy (non-hydrogen) atoms. The van der Waals surface area contributed by atoms with Gasteiger partial charge in [-0.05, 0) is 59.0 Å². The summed E-state index contributed by atoms with van der Waals surface area (Å²) in [6.07, 6.45) is 1.92. The monoisotopic (exact) mass is 856 g/mol. The van der Waals surface area contributed by atoms with Gasteiger partial charge < -0.3 is 23.5 Å². The van der Waals surface area contributed by atoms with Crippen molar-refractivity contribution in [3.63, 3.8) is 0 Å². The minimum absolute atomic E-state index is 0. The maximum Gasteiger partial charge on any atom is 0.140 e. The quantitative estimate of drug-likeness (QED) is 0.165. The Labute approximate surface area is 316 Å². The number of benzene rings is 6. The molecule has 4 heterocycles. The van der Waals surface area contributed by atoms with Gasteiger partial charge in [0.25, 0.3) is 0 Å². The summed E-state index contributed by atoms with van der Waals surface area (Å²) in [6.45, 7) is 8.74. The van der Waals surface area contributed by atoms with E-state index >= 15 is 0 Å². The van der Waals surface area contributed by atoms with Gasteiger partial charge in [-0.1, -0.05) is 80.9 Å². The van der Waals surface area contributed by atoms with Gasteiger partial charge in [0.1, 0.15) is 17.0 Å². The predicted octanol–water partition coefficient (Wildman–Crippen LogP) is 11.6. The zero-order chi connectivity index (χ0) is 34.4. The molecule has 6 nitrogen and oxygen atoms in total. The first-order chi connectivity index (χ1) is 24.8. The number of ether oxygens (including phenoxy) is 1. The number of aromatic nitrogens is 2. The summed E-state index contributed by atoms with van der Waals surface area (Å²) in [5.41, 5.74) is 7.75. The summed E-state index contributed by atoms with van der Waals surface area (Å²) in [4.78, 5) is 9.31. The number of nitrogens with zero attached hydrogens (tertiary/aromatic N) is 4. The van der Waals surface area contributed by atoms with Crippen molar-refractivity contribution in [1.82, 2.24) is 9.55 Å². The zero-order valence-electron chi connectivity index (χ0n) is 29.0. The predicted molar refractivity (Wildman–Crippen MR) is 208 cm³/mol. The van der Waals surface area contributed by atoms with E-state index in [-0.39, 0.29) is 26.5 Å². The molecule has 0 bridgehead atoms. The number of furan rings is 1. The molecule has 10 rings (SSSR count). The molecule has 0 atom stereocenters. The molecule has 1 aliphatic rings. The van der Waals surface area contributed by atoms with Crippen LogP contribution >= 0.6 is 0 Å². The average Bonchev–Trinajstić information content (AvgIpc) is 3.78. The Morgan fingerprint density at radius 3 is 2.25 bits per heavy atom. The van der Waals surface area contributed by atoms with Gasteiger partial charge in [-0.25, -0.2) is 4.98 Å². The minimum atomic E-state index is -0.110. The number of pyridine rings is 1. The van der Waals surface area contributed by atoms with Crippen molar-refractivity contribution in [3.05, 3.63) is 146 Å². The molecule has 7 heteroatoms. The van der Waals surface area contributed by atoms with Gasteiger partial charge in [0.2, 0.25) is 0 Å². The maximum atomic E-state index is 6.65. The van der Waals surface area contributed by atoms with E-state index in [2.05, 4.69) is 164 Å². The van der Waals surface area contributed by atoms with E-state index in [1.54, 1.807) is 0 Å². The van der Waals surface area contributed by atoms with Crippen molar-refractivity contribution in [2.45, 2.75) is 26.2 Å². The van der Waals surface area contributed by atoms with Gasteiger partial charge >= 0.3 is 0 Å². The molecule has 258 valence electrons. The Morgan fingerprint density at radius 2 is 1.42 bits per heavy atom. The van der Waals surface area contributed by atoms with Gasteiger partial charge in [-0.15, -0.1) is 47.0 Å². The molecule has 0 spiro atoms. The number of hydrogen-bond donors (Lipinski definition) is 0. The summed E-state index contributed by atoms with van der Waals surface area (Å²) in [5.74, 6) is 1.98. The third-order valence-electron chi connectivity index (χ3n) is 9.98. The molecule has 0 radical (unpaired) electrons. The summed E-state index contributed by atoms with van der Waals surface area (Å²) in [5, 5.41) is 6.55. The first kappa shape index (κ1) is 32.3. The van der Waals surface area contributed by atoms with Crippen LogP contribution in [0.2, 0.25) is 0 Å². The van der Waals surface area contributed by atoms with Crippen LogP contribution in [0.4, 0.5) is 17.1 Å². The largest absolute Gasteiger partial charge is 0.509 e. The smallest absolute Gasteiger partial charge is 0.140 e. The fraction of sp³-hybridized carbons (Fsp3) is 0.111. The van der Waals surface area contributed by atoms with Gasteiger partial charge in [0.15, 0.2) is 0 Å². The molecule has 0 N–H and O–H groups in total. The van der Waals surface area contributed by atoms with Crippen molar-refractivity contribution >= 4 is 71.6 Å². The van der Waals surface area contributed by atoms with Crippen LogP contribution in [0.1, 0.15) is 26.3 Å². The summed E-state index contributed by atoms with van der Waals surface area (Å²) in [7, 11) is 2.07. The third kappa shape index (κ3) is 5.16. The molecular weight excluding hydrogens is 824 g/mol. The molecule has 1 aliphatic heterocycles. The van der Waals surface area contributed by atoms with Gasteiger partial charge in [-0.2, -0.15) is 12.7 Å². The van der Waals surface area contributed by atoms with Crippen LogP contribution in [-0.2, 0) is 26.5 Å². The fourth-order valence-electron chi connectivity index (χ4n) is 7.36. The van der Waals surface area contributed by atoms with Crippen LogP contribution in [0, 0.1) is 18.8 Å². The zero-order valence-corrected chi connectivity index (χ0v) is 31.3. The Morgan fingerprint density at radius 1 is 0.692 bits per heavy atom. The molecule has 0 unspecified atom stereocenters. The molecule has 0 amide bonds. The van der Waals surface area contributed by atoms with E-state index in [1.807, 2.05) is 18.3 Å². The van der Waals surface area contributed by atoms with Crippen LogP contribution in [0.3, 0.4) is 0 Å². The summed E-state index contributed by atoms with van der Waals surface area (Å²) < 4.78 is 15.2. The second-order valence-corrected chi connectivity index (χ2v) is 14.3. The number of para-hydroxylation sites is 3. The van der Waals surface area contributed by atoms with E-state index < -0.39 is 0 Å². The average molecular weight is 857 g/mol. The van der Waals surface area contributed by atoms with E-state index in [4.69, 9.17) is 14.1 Å². The van der Waals surface area contributed by atoms with Crippen molar-refractivity contribution in [1.29, 1.82) is 0 Å². The van der Waals surface area contributed by atoms with Gasteiger partial charge in [0.05, 0.1) is 0 Å². The van der Waals surface area contributed by atoms with Crippen LogP contribution in [0.15, 0.2) is 126 Å². The molecule has 6 aromatic carbocycles. The minimum Gasteiger partial charge on any atom is -0.509 e. The third-order valence-corrected chi connectivity index (χ3v) is 9.98. The normalized spacial score (nSPS) is 13.1. The topological polar surface area (TPSA) is 46.7 Å². The molecule has 0 aliphatic carbocycles. The Balaban J connectivity index is 0.00000360. The first-order valence-electron chi connectivity index (χ1n) is 17.2. The van der Waals surface area contributed by atoms with Gasteiger partial charge in [0, 0.05) is 72.5 Å². The molecular formula is C45H33N4O2Pt-3. The van der Waals surface area contributed by atoms with E-state index in [0.717, 1.165) is 77.6 Å². The second kappa shape index (κ2) is 12.0. The van der Waals surface area contributed by atoms with Crippen LogP contribution in [0.25, 0.3) is 60.3 Å². The van der Waals surface area contributed by atoms with E-state index in [9.17, 15) is 0 Å². The Kier molecular flexibility index (Phi) is 7.46. The van der Waals surface area contributed by atoms with E-state index in [0.29, 0.717) is 11.5 Å². The van der Waals surface area contributed by atoms with E-state index in [1.165, 1.54) is 5.39 Å². The summed E-state index contributed by atoms with van der Waals surface area (Å²) >= 11 is 0. The maximum absolute atomic E-state index is 6.65. The fourth-order valence-corrected chi connectivity index (χ4v) is 7.36. The summed E-state index contributed by atoms with van der Waals surface area (Å²) in [6, 6.07) is 47.0. The van der Waals surface area contributed by atoms with Crippen molar-refractivity contribution in [3.8, 4) is 17.3 Å². The van der Waals surface area contributed by atoms with Crippen molar-refractivity contribution < 1.29 is 30.2 Å². The molecule has 9 aromatic rings. The number of rotatable bonds is 4. The van der Waals surface area contributed by atoms with Crippen molar-refractivity contribution in [2.24, 2.45) is 0 Å². The SMILES string of the molecule is CN1[CH-]N(c2[c-]c(Oc3[c-]c4c(cc3)c3ccccc3n4-c3cc4oc5cc6ccccc6cc5c4cn3)cc(C(C)(C)C)c2)c2ccccc21.[Pt].